The molecule has 2 heteroatoms. The van der Waals surface area contributed by atoms with Gasteiger partial charge in [-0.15, -0.1) is 0 Å². The highest BCUT2D eigenvalue weighted by molar-refractivity contribution is 5.33. The van der Waals surface area contributed by atoms with E-state index in [1.165, 1.54) is 38.8 Å². The molecule has 0 bridgehead atoms. The zero-order valence-electron chi connectivity index (χ0n) is 11.4. The molecule has 0 spiro atoms. The average molecular weight is 254 g/mol. The average Bonchev–Trinajstić information content (AvgIpc) is 3.17. The lowest BCUT2D eigenvalue weighted by Gasteiger charge is -2.23. The maximum atomic E-state index is 3.59. The van der Waals surface area contributed by atoms with Crippen LogP contribution in [0.5, 0.6) is 0 Å². The third-order valence-electron chi connectivity index (χ3n) is 3.97. The molecule has 1 unspecified atom stereocenters. The van der Waals surface area contributed by atoms with Crippen molar-refractivity contribution in [1.29, 1.82) is 0 Å². The van der Waals surface area contributed by atoms with Gasteiger partial charge in [0.2, 0.25) is 0 Å². The van der Waals surface area contributed by atoms with Crippen molar-refractivity contribution >= 4 is 0 Å². The number of nitrogens with zero attached hydrogens (tertiary/aromatic N) is 1. The number of benzene rings is 1. The topological polar surface area (TPSA) is 15.3 Å². The third kappa shape index (κ3) is 3.83. The summed E-state index contributed by atoms with van der Waals surface area (Å²) in [6.45, 7) is 3.28. The predicted molar refractivity (Wildman–Crippen MR) is 78.9 cm³/mol. The minimum Gasteiger partial charge on any atom is -0.313 e. The zero-order chi connectivity index (χ0) is 12.9. The standard InChI is InChI=1S/C17H22N2/c1-2-6-15(7-3-1)8-5-13-19(17-10-11-17)14-16-9-4-12-18-16/h1-3,6-7,16-18H,4,9-14H2. The Kier molecular flexibility index (Phi) is 4.17. The minimum atomic E-state index is 0.694. The number of hydrogen-bond donors (Lipinski definition) is 1. The van der Waals surface area contributed by atoms with Gasteiger partial charge in [-0.25, -0.2) is 0 Å². The fourth-order valence-corrected chi connectivity index (χ4v) is 2.74. The van der Waals surface area contributed by atoms with Gasteiger partial charge in [-0.05, 0) is 44.4 Å². The van der Waals surface area contributed by atoms with Crippen LogP contribution in [0.25, 0.3) is 0 Å². The van der Waals surface area contributed by atoms with Crippen LogP contribution < -0.4 is 5.32 Å². The van der Waals surface area contributed by atoms with E-state index in [0.29, 0.717) is 6.04 Å². The van der Waals surface area contributed by atoms with Crippen LogP contribution in [0.15, 0.2) is 30.3 Å². The summed E-state index contributed by atoms with van der Waals surface area (Å²) in [5.41, 5.74) is 1.12. The van der Waals surface area contributed by atoms with Crippen molar-refractivity contribution in [2.45, 2.75) is 37.8 Å². The summed E-state index contributed by atoms with van der Waals surface area (Å²) in [6, 6.07) is 11.8. The Labute approximate surface area is 116 Å². The van der Waals surface area contributed by atoms with Crippen LogP contribution in [0.3, 0.4) is 0 Å². The Bertz CT molecular complexity index is 447. The highest BCUT2D eigenvalue weighted by Crippen LogP contribution is 2.27. The molecule has 1 aromatic carbocycles. The van der Waals surface area contributed by atoms with Crippen LogP contribution in [0, 0.1) is 11.8 Å². The summed E-state index contributed by atoms with van der Waals surface area (Å²) in [7, 11) is 0. The van der Waals surface area contributed by atoms with Crippen molar-refractivity contribution < 1.29 is 0 Å². The molecule has 1 atom stereocenters. The van der Waals surface area contributed by atoms with Crippen LogP contribution in [-0.2, 0) is 0 Å². The van der Waals surface area contributed by atoms with Gasteiger partial charge in [-0.2, -0.15) is 0 Å². The molecule has 2 fully saturated rings. The molecule has 0 aromatic heterocycles. The quantitative estimate of drug-likeness (QED) is 0.829. The molecule has 0 radical (unpaired) electrons. The van der Waals surface area contributed by atoms with Gasteiger partial charge in [0, 0.05) is 24.2 Å². The molecule has 19 heavy (non-hydrogen) atoms. The second-order valence-corrected chi connectivity index (χ2v) is 5.62. The largest absolute Gasteiger partial charge is 0.313 e. The second kappa shape index (κ2) is 6.23. The number of rotatable bonds is 4. The lowest BCUT2D eigenvalue weighted by atomic mass is 10.2. The number of nitrogens with one attached hydrogen (secondary N) is 1. The van der Waals surface area contributed by atoms with Gasteiger partial charge in [0.1, 0.15) is 0 Å². The predicted octanol–water partition coefficient (Wildman–Crippen LogP) is 2.25. The first-order valence-electron chi connectivity index (χ1n) is 7.43. The molecule has 1 N–H and O–H groups in total. The molecule has 1 heterocycles. The monoisotopic (exact) mass is 254 g/mol. The van der Waals surface area contributed by atoms with E-state index in [-0.39, 0.29) is 0 Å². The third-order valence-corrected chi connectivity index (χ3v) is 3.97. The molecule has 1 aromatic rings. The van der Waals surface area contributed by atoms with E-state index in [9.17, 15) is 0 Å². The fourth-order valence-electron chi connectivity index (χ4n) is 2.74. The van der Waals surface area contributed by atoms with Gasteiger partial charge >= 0.3 is 0 Å². The smallest absolute Gasteiger partial charge is 0.0608 e. The van der Waals surface area contributed by atoms with Crippen molar-refractivity contribution in [2.24, 2.45) is 0 Å². The Hall–Kier alpha value is -1.30. The molecule has 1 saturated carbocycles. The highest BCUT2D eigenvalue weighted by Gasteiger charge is 2.30. The van der Waals surface area contributed by atoms with Gasteiger partial charge < -0.3 is 5.32 Å². The highest BCUT2D eigenvalue weighted by atomic mass is 15.2. The van der Waals surface area contributed by atoms with E-state index in [2.05, 4.69) is 34.2 Å². The first-order valence-corrected chi connectivity index (χ1v) is 7.43. The first kappa shape index (κ1) is 12.7. The molecule has 1 saturated heterocycles. The first-order chi connectivity index (χ1) is 9.42. The second-order valence-electron chi connectivity index (χ2n) is 5.62. The van der Waals surface area contributed by atoms with Crippen molar-refractivity contribution in [3.05, 3.63) is 35.9 Å². The van der Waals surface area contributed by atoms with Crippen molar-refractivity contribution in [2.75, 3.05) is 19.6 Å². The van der Waals surface area contributed by atoms with Crippen LogP contribution in [0.1, 0.15) is 31.2 Å². The van der Waals surface area contributed by atoms with Gasteiger partial charge in [-0.1, -0.05) is 30.0 Å². The van der Waals surface area contributed by atoms with Crippen molar-refractivity contribution in [3.8, 4) is 11.8 Å². The van der Waals surface area contributed by atoms with E-state index >= 15 is 0 Å². The van der Waals surface area contributed by atoms with Gasteiger partial charge in [0.15, 0.2) is 0 Å². The molecule has 0 amide bonds. The van der Waals surface area contributed by atoms with Crippen LogP contribution in [0.4, 0.5) is 0 Å². The van der Waals surface area contributed by atoms with E-state index in [1.807, 2.05) is 18.2 Å². The summed E-state index contributed by atoms with van der Waals surface area (Å²) < 4.78 is 0. The molecular formula is C17H22N2. The van der Waals surface area contributed by atoms with Crippen molar-refractivity contribution in [3.63, 3.8) is 0 Å². The van der Waals surface area contributed by atoms with Crippen LogP contribution >= 0.6 is 0 Å². The Morgan fingerprint density at radius 2 is 2.00 bits per heavy atom. The summed E-state index contributed by atoms with van der Waals surface area (Å²) in [6.07, 6.45) is 5.38. The van der Waals surface area contributed by atoms with E-state index in [4.69, 9.17) is 0 Å². The summed E-state index contributed by atoms with van der Waals surface area (Å²) in [5, 5.41) is 3.59. The SMILES string of the molecule is C(#Cc1ccccc1)CN(CC1CCCN1)C1CC1. The van der Waals surface area contributed by atoms with Gasteiger partial charge in [-0.3, -0.25) is 4.90 Å². The van der Waals surface area contributed by atoms with E-state index in [1.54, 1.807) is 0 Å². The summed E-state index contributed by atoms with van der Waals surface area (Å²) >= 11 is 0. The molecular weight excluding hydrogens is 232 g/mol. The van der Waals surface area contributed by atoms with Crippen LogP contribution in [-0.4, -0.2) is 36.6 Å². The Morgan fingerprint density at radius 3 is 2.68 bits per heavy atom. The fraction of sp³-hybridized carbons (Fsp3) is 0.529. The molecule has 1 aliphatic carbocycles. The maximum Gasteiger partial charge on any atom is 0.0608 e. The maximum absolute atomic E-state index is 3.59. The number of hydrogen-bond acceptors (Lipinski definition) is 2. The Morgan fingerprint density at radius 1 is 1.16 bits per heavy atom. The zero-order valence-corrected chi connectivity index (χ0v) is 11.4. The Balaban J connectivity index is 1.55. The molecule has 2 nitrogen and oxygen atoms in total. The lowest BCUT2D eigenvalue weighted by molar-refractivity contribution is 0.268. The van der Waals surface area contributed by atoms with Crippen LogP contribution in [0.2, 0.25) is 0 Å². The molecule has 1 aliphatic heterocycles. The summed E-state index contributed by atoms with van der Waals surface area (Å²) in [5.74, 6) is 6.62. The molecule has 3 rings (SSSR count). The molecule has 100 valence electrons. The van der Waals surface area contributed by atoms with Gasteiger partial charge in [0.25, 0.3) is 0 Å². The van der Waals surface area contributed by atoms with E-state index < -0.39 is 0 Å². The normalized spacial score (nSPS) is 22.3. The van der Waals surface area contributed by atoms with Gasteiger partial charge in [0.05, 0.1) is 6.54 Å². The summed E-state index contributed by atoms with van der Waals surface area (Å²) in [4.78, 5) is 2.57. The van der Waals surface area contributed by atoms with Crippen molar-refractivity contribution in [1.82, 2.24) is 10.2 Å². The lowest BCUT2D eigenvalue weighted by Crippen LogP contribution is -2.39. The van der Waals surface area contributed by atoms with E-state index in [0.717, 1.165) is 18.2 Å². The molecule has 2 aliphatic rings. The minimum absolute atomic E-state index is 0.694.